The summed E-state index contributed by atoms with van der Waals surface area (Å²) in [5.74, 6) is 0.388. The predicted octanol–water partition coefficient (Wildman–Crippen LogP) is 3.18. The van der Waals surface area contributed by atoms with E-state index in [0.29, 0.717) is 28.7 Å². The van der Waals surface area contributed by atoms with Gasteiger partial charge in [0, 0.05) is 29.5 Å². The van der Waals surface area contributed by atoms with E-state index < -0.39 is 5.63 Å². The fourth-order valence-electron chi connectivity index (χ4n) is 2.60. The van der Waals surface area contributed by atoms with Gasteiger partial charge in [0.15, 0.2) is 0 Å². The lowest BCUT2D eigenvalue weighted by Crippen LogP contribution is -2.08. The van der Waals surface area contributed by atoms with Gasteiger partial charge in [-0.25, -0.2) is 4.79 Å². The lowest BCUT2D eigenvalue weighted by Gasteiger charge is -2.08. The van der Waals surface area contributed by atoms with Crippen LogP contribution in [0.4, 0.5) is 0 Å². The van der Waals surface area contributed by atoms with Crippen molar-refractivity contribution in [3.05, 3.63) is 70.1 Å². The Morgan fingerprint density at radius 1 is 1.12 bits per heavy atom. The molecule has 0 spiro atoms. The summed E-state index contributed by atoms with van der Waals surface area (Å²) >= 11 is 0. The van der Waals surface area contributed by atoms with E-state index in [1.165, 1.54) is 13.2 Å². The smallest absolute Gasteiger partial charge is 0.336 e. The summed E-state index contributed by atoms with van der Waals surface area (Å²) in [7, 11) is 1.53. The van der Waals surface area contributed by atoms with E-state index in [2.05, 4.69) is 0 Å². The second-order valence-corrected chi connectivity index (χ2v) is 5.78. The van der Waals surface area contributed by atoms with Gasteiger partial charge in [-0.3, -0.25) is 4.79 Å². The number of esters is 1. The van der Waals surface area contributed by atoms with Crippen molar-refractivity contribution in [3.8, 4) is 11.5 Å². The third-order valence-electron chi connectivity index (χ3n) is 3.98. The lowest BCUT2D eigenvalue weighted by molar-refractivity contribution is -0.144. The molecule has 1 heterocycles. The summed E-state index contributed by atoms with van der Waals surface area (Å²) in [5.41, 5.74) is 1.38. The number of phenols is 1. The van der Waals surface area contributed by atoms with Crippen LogP contribution >= 0.6 is 0 Å². The molecular weight excluding hydrogens is 336 g/mol. The van der Waals surface area contributed by atoms with Gasteiger partial charge in [0.25, 0.3) is 0 Å². The Hall–Kier alpha value is -3.28. The quantitative estimate of drug-likeness (QED) is 0.540. The molecule has 0 bridgehead atoms. The van der Waals surface area contributed by atoms with E-state index >= 15 is 0 Å². The van der Waals surface area contributed by atoms with E-state index in [9.17, 15) is 14.7 Å². The molecule has 1 N–H and O–H groups in total. The normalized spacial score (nSPS) is 10.7. The van der Waals surface area contributed by atoms with Crippen LogP contribution < -0.4 is 10.4 Å². The van der Waals surface area contributed by atoms with Gasteiger partial charge in [-0.15, -0.1) is 0 Å². The minimum atomic E-state index is -0.513. The number of hydrogen-bond acceptors (Lipinski definition) is 6. The van der Waals surface area contributed by atoms with Crippen molar-refractivity contribution in [2.75, 3.05) is 7.11 Å². The Morgan fingerprint density at radius 2 is 1.88 bits per heavy atom. The zero-order valence-electron chi connectivity index (χ0n) is 14.2. The average Bonchev–Trinajstić information content (AvgIpc) is 2.64. The number of aromatic hydroxyl groups is 1. The molecule has 0 saturated carbocycles. The first-order valence-corrected chi connectivity index (χ1v) is 8.09. The zero-order valence-corrected chi connectivity index (χ0v) is 14.2. The van der Waals surface area contributed by atoms with Crippen LogP contribution in [0, 0.1) is 0 Å². The fourth-order valence-corrected chi connectivity index (χ4v) is 2.60. The zero-order chi connectivity index (χ0) is 18.5. The number of ether oxygens (including phenoxy) is 2. The van der Waals surface area contributed by atoms with Crippen LogP contribution in [0.15, 0.2) is 57.7 Å². The Morgan fingerprint density at radius 3 is 2.62 bits per heavy atom. The first-order valence-electron chi connectivity index (χ1n) is 8.09. The van der Waals surface area contributed by atoms with Crippen LogP contribution in [0.25, 0.3) is 11.0 Å². The van der Waals surface area contributed by atoms with Gasteiger partial charge in [-0.05, 0) is 36.2 Å². The molecule has 3 rings (SSSR count). The van der Waals surface area contributed by atoms with E-state index in [4.69, 9.17) is 13.9 Å². The van der Waals surface area contributed by atoms with Crippen molar-refractivity contribution in [2.45, 2.75) is 19.4 Å². The summed E-state index contributed by atoms with van der Waals surface area (Å²) in [6.07, 6.45) is 0.714. The predicted molar refractivity (Wildman–Crippen MR) is 95.3 cm³/mol. The Balaban J connectivity index is 1.66. The SMILES string of the molecule is COc1ccc2c(COC(=O)CCc3ccc(O)cc3)cc(=O)oc2c1. The molecule has 0 saturated heterocycles. The third kappa shape index (κ3) is 4.22. The van der Waals surface area contributed by atoms with E-state index in [-0.39, 0.29) is 24.7 Å². The highest BCUT2D eigenvalue weighted by molar-refractivity contribution is 5.81. The molecule has 26 heavy (non-hydrogen) atoms. The number of methoxy groups -OCH3 is 1. The maximum absolute atomic E-state index is 12.0. The molecular formula is C20H18O6. The first kappa shape index (κ1) is 17.5. The molecule has 6 heteroatoms. The number of benzene rings is 2. The molecule has 134 valence electrons. The number of carbonyl (C=O) groups excluding carboxylic acids is 1. The minimum absolute atomic E-state index is 0.0111. The highest BCUT2D eigenvalue weighted by atomic mass is 16.5. The molecule has 3 aromatic rings. The molecule has 0 aliphatic carbocycles. The third-order valence-corrected chi connectivity index (χ3v) is 3.98. The Labute approximate surface area is 149 Å². The molecule has 6 nitrogen and oxygen atoms in total. The highest BCUT2D eigenvalue weighted by Gasteiger charge is 2.10. The summed E-state index contributed by atoms with van der Waals surface area (Å²) in [6, 6.07) is 13.1. The largest absolute Gasteiger partial charge is 0.508 e. The molecule has 0 radical (unpaired) electrons. The number of fused-ring (bicyclic) bond motifs is 1. The number of hydrogen-bond donors (Lipinski definition) is 1. The summed E-state index contributed by atoms with van der Waals surface area (Å²) in [4.78, 5) is 23.7. The molecule has 0 amide bonds. The number of rotatable bonds is 6. The van der Waals surface area contributed by atoms with Crippen LogP contribution in [0.1, 0.15) is 17.5 Å². The highest BCUT2D eigenvalue weighted by Crippen LogP contribution is 2.23. The van der Waals surface area contributed by atoms with Gasteiger partial charge in [-0.1, -0.05) is 12.1 Å². The fraction of sp³-hybridized carbons (Fsp3) is 0.200. The summed E-state index contributed by atoms with van der Waals surface area (Å²) in [6.45, 7) is -0.0111. The molecule has 0 fully saturated rings. The van der Waals surface area contributed by atoms with Gasteiger partial charge >= 0.3 is 11.6 Å². The molecule has 2 aromatic carbocycles. The van der Waals surface area contributed by atoms with Gasteiger partial charge in [0.05, 0.1) is 7.11 Å². The Bertz CT molecular complexity index is 972. The number of phenolic OH excluding ortho intramolecular Hbond substituents is 1. The van der Waals surface area contributed by atoms with Crippen molar-refractivity contribution >= 4 is 16.9 Å². The van der Waals surface area contributed by atoms with Crippen molar-refractivity contribution in [1.82, 2.24) is 0 Å². The molecule has 0 aliphatic heterocycles. The maximum atomic E-state index is 12.0. The van der Waals surface area contributed by atoms with Gasteiger partial charge in [0.2, 0.25) is 0 Å². The number of carbonyl (C=O) groups is 1. The second kappa shape index (κ2) is 7.74. The summed E-state index contributed by atoms with van der Waals surface area (Å²) in [5, 5.41) is 9.95. The Kier molecular flexibility index (Phi) is 5.22. The van der Waals surface area contributed by atoms with Crippen molar-refractivity contribution in [3.63, 3.8) is 0 Å². The second-order valence-electron chi connectivity index (χ2n) is 5.78. The van der Waals surface area contributed by atoms with Crippen LogP contribution in [0.5, 0.6) is 11.5 Å². The van der Waals surface area contributed by atoms with E-state index in [0.717, 1.165) is 5.56 Å². The first-order chi connectivity index (χ1) is 12.5. The minimum Gasteiger partial charge on any atom is -0.508 e. The van der Waals surface area contributed by atoms with Crippen LogP contribution in [-0.4, -0.2) is 18.2 Å². The lowest BCUT2D eigenvalue weighted by atomic mass is 10.1. The van der Waals surface area contributed by atoms with Gasteiger partial charge in [-0.2, -0.15) is 0 Å². The van der Waals surface area contributed by atoms with Crippen LogP contribution in [0.2, 0.25) is 0 Å². The monoisotopic (exact) mass is 354 g/mol. The standard InChI is InChI=1S/C20H18O6/c1-24-16-7-8-17-14(10-20(23)26-18(17)11-16)12-25-19(22)9-4-13-2-5-15(21)6-3-13/h2-3,5-8,10-11,21H,4,9,12H2,1H3. The van der Waals surface area contributed by atoms with Crippen LogP contribution in [-0.2, 0) is 22.6 Å². The van der Waals surface area contributed by atoms with E-state index in [1.807, 2.05) is 0 Å². The molecule has 1 aromatic heterocycles. The summed E-state index contributed by atoms with van der Waals surface area (Å²) < 4.78 is 15.6. The van der Waals surface area contributed by atoms with Crippen molar-refractivity contribution in [2.24, 2.45) is 0 Å². The molecule has 0 unspecified atom stereocenters. The van der Waals surface area contributed by atoms with E-state index in [1.54, 1.807) is 42.5 Å². The van der Waals surface area contributed by atoms with Crippen molar-refractivity contribution in [1.29, 1.82) is 0 Å². The van der Waals surface area contributed by atoms with Crippen LogP contribution in [0.3, 0.4) is 0 Å². The molecule has 0 atom stereocenters. The molecule has 0 aliphatic rings. The maximum Gasteiger partial charge on any atom is 0.336 e. The number of aryl methyl sites for hydroxylation is 1. The van der Waals surface area contributed by atoms with Gasteiger partial charge < -0.3 is 19.0 Å². The topological polar surface area (TPSA) is 86.0 Å². The van der Waals surface area contributed by atoms with Gasteiger partial charge in [0.1, 0.15) is 23.7 Å². The van der Waals surface area contributed by atoms with Crippen molar-refractivity contribution < 1.29 is 23.8 Å². The average molecular weight is 354 g/mol.